The fourth-order valence-electron chi connectivity index (χ4n) is 3.57. The van der Waals surface area contributed by atoms with E-state index in [1.807, 2.05) is 36.8 Å². The van der Waals surface area contributed by atoms with Crippen LogP contribution < -0.4 is 5.32 Å². The Kier molecular flexibility index (Phi) is 3.50. The Morgan fingerprint density at radius 2 is 2.26 bits per heavy atom. The van der Waals surface area contributed by atoms with E-state index in [1.54, 1.807) is 10.6 Å². The largest absolute Gasteiger partial charge is 0.346 e. The van der Waals surface area contributed by atoms with Crippen LogP contribution in [0.5, 0.6) is 0 Å². The third kappa shape index (κ3) is 2.66. The maximum Gasteiger partial charge on any atom is 0.231 e. The Labute approximate surface area is 154 Å². The van der Waals surface area contributed by atoms with Crippen LogP contribution in [0.4, 0.5) is 10.2 Å². The van der Waals surface area contributed by atoms with Crippen LogP contribution in [0.25, 0.3) is 27.7 Å². The zero-order chi connectivity index (χ0) is 18.5. The topological polar surface area (TPSA) is 75.1 Å². The first-order valence-electron chi connectivity index (χ1n) is 9.03. The van der Waals surface area contributed by atoms with Gasteiger partial charge in [-0.05, 0) is 42.2 Å². The van der Waals surface area contributed by atoms with Crippen molar-refractivity contribution in [1.82, 2.24) is 19.6 Å². The minimum absolute atomic E-state index is 0.303. The van der Waals surface area contributed by atoms with Crippen molar-refractivity contribution >= 4 is 28.3 Å². The summed E-state index contributed by atoms with van der Waals surface area (Å²) in [6.45, 7) is 2.13. The molecule has 0 bridgehead atoms. The second-order valence-corrected chi connectivity index (χ2v) is 6.91. The summed E-state index contributed by atoms with van der Waals surface area (Å²) in [4.78, 5) is 19.6. The minimum atomic E-state index is -1.02. The fourth-order valence-corrected chi connectivity index (χ4v) is 3.57. The number of rotatable bonds is 4. The molecule has 1 aliphatic rings. The van der Waals surface area contributed by atoms with Gasteiger partial charge in [0, 0.05) is 35.6 Å². The number of aromatic amines is 1. The number of aromatic nitrogens is 4. The number of fused-ring (bicyclic) bond motifs is 2. The highest BCUT2D eigenvalue weighted by molar-refractivity contribution is 5.94. The van der Waals surface area contributed by atoms with Crippen LogP contribution in [-0.2, 0) is 11.2 Å². The van der Waals surface area contributed by atoms with Crippen molar-refractivity contribution < 1.29 is 9.18 Å². The molecule has 0 saturated heterocycles. The lowest BCUT2D eigenvalue weighted by Gasteiger charge is -2.09. The molecule has 27 heavy (non-hydrogen) atoms. The Balaban J connectivity index is 1.52. The molecule has 2 N–H and O–H groups in total. The van der Waals surface area contributed by atoms with E-state index in [-0.39, 0.29) is 5.91 Å². The van der Waals surface area contributed by atoms with Crippen LogP contribution in [0.2, 0.25) is 0 Å². The van der Waals surface area contributed by atoms with Gasteiger partial charge in [-0.15, -0.1) is 0 Å². The highest BCUT2D eigenvalue weighted by Crippen LogP contribution is 2.35. The van der Waals surface area contributed by atoms with Gasteiger partial charge in [0.2, 0.25) is 5.91 Å². The van der Waals surface area contributed by atoms with Crippen LogP contribution >= 0.6 is 0 Å². The van der Waals surface area contributed by atoms with Gasteiger partial charge in [0.25, 0.3) is 0 Å². The van der Waals surface area contributed by atoms with E-state index in [4.69, 9.17) is 0 Å². The van der Waals surface area contributed by atoms with Gasteiger partial charge in [0.1, 0.15) is 11.8 Å². The van der Waals surface area contributed by atoms with Gasteiger partial charge in [-0.1, -0.05) is 6.92 Å². The number of aryl methyl sites for hydroxylation is 1. The Morgan fingerprint density at radius 3 is 3.04 bits per heavy atom. The van der Waals surface area contributed by atoms with Crippen LogP contribution in [0.3, 0.4) is 0 Å². The second kappa shape index (κ2) is 5.90. The molecule has 2 atom stereocenters. The molecule has 0 spiro atoms. The number of H-pyrrole nitrogens is 1. The average molecular weight is 363 g/mol. The highest BCUT2D eigenvalue weighted by atomic mass is 19.1. The Bertz CT molecular complexity index is 1180. The number of anilines is 1. The number of alkyl halides is 1. The summed E-state index contributed by atoms with van der Waals surface area (Å²) in [7, 11) is 0. The second-order valence-electron chi connectivity index (χ2n) is 6.91. The number of amides is 1. The first-order chi connectivity index (χ1) is 13.1. The molecule has 1 aliphatic carbocycles. The SMILES string of the molecule is CCc1c(-c2ccn3nc(NC(=O)[C@@H]4C[C@@H]4F)cc3c2)cnc2[nH]ccc12. The number of hydrogen-bond donors (Lipinski definition) is 2. The van der Waals surface area contributed by atoms with E-state index in [1.165, 1.54) is 5.56 Å². The van der Waals surface area contributed by atoms with E-state index in [0.29, 0.717) is 12.2 Å². The summed E-state index contributed by atoms with van der Waals surface area (Å²) in [6, 6.07) is 7.85. The molecule has 0 aromatic carbocycles. The van der Waals surface area contributed by atoms with Gasteiger partial charge in [-0.3, -0.25) is 4.79 Å². The third-order valence-electron chi connectivity index (χ3n) is 5.13. The molecule has 5 rings (SSSR count). The van der Waals surface area contributed by atoms with Gasteiger partial charge in [-0.25, -0.2) is 13.9 Å². The first kappa shape index (κ1) is 16.0. The fraction of sp³-hybridized carbons (Fsp3) is 0.250. The first-order valence-corrected chi connectivity index (χ1v) is 9.03. The molecule has 4 heterocycles. The molecule has 0 radical (unpaired) electrons. The number of nitrogens with one attached hydrogen (secondary N) is 2. The number of halogens is 1. The molecule has 7 heteroatoms. The molecule has 4 aromatic rings. The van der Waals surface area contributed by atoms with Crippen molar-refractivity contribution in [3.05, 3.63) is 48.4 Å². The minimum Gasteiger partial charge on any atom is -0.346 e. The summed E-state index contributed by atoms with van der Waals surface area (Å²) in [5.41, 5.74) is 5.10. The van der Waals surface area contributed by atoms with Crippen molar-refractivity contribution in [2.45, 2.75) is 25.9 Å². The van der Waals surface area contributed by atoms with Crippen molar-refractivity contribution in [1.29, 1.82) is 0 Å². The van der Waals surface area contributed by atoms with Crippen molar-refractivity contribution in [2.24, 2.45) is 5.92 Å². The molecule has 1 amide bonds. The van der Waals surface area contributed by atoms with Gasteiger partial charge in [-0.2, -0.15) is 5.10 Å². The number of carbonyl (C=O) groups is 1. The van der Waals surface area contributed by atoms with Gasteiger partial charge in [0.15, 0.2) is 5.82 Å². The Morgan fingerprint density at radius 1 is 1.41 bits per heavy atom. The normalized spacial score (nSPS) is 18.9. The number of pyridine rings is 2. The molecular weight excluding hydrogens is 345 g/mol. The quantitative estimate of drug-likeness (QED) is 0.580. The standard InChI is InChI=1S/C20H18FN5O/c1-2-13-14-3-5-22-19(14)23-10-16(13)11-4-6-26-12(7-11)8-18(25-26)24-20(27)15-9-17(15)21/h3-8,10,15,17H,2,9H2,1H3,(H,22,23)(H,24,25,27)/t15-,17+/m1/s1. The number of hydrogen-bond acceptors (Lipinski definition) is 3. The summed E-state index contributed by atoms with van der Waals surface area (Å²) in [5.74, 6) is -0.399. The summed E-state index contributed by atoms with van der Waals surface area (Å²) < 4.78 is 14.7. The summed E-state index contributed by atoms with van der Waals surface area (Å²) in [6.07, 6.45) is 5.82. The van der Waals surface area contributed by atoms with Crippen LogP contribution in [-0.4, -0.2) is 31.7 Å². The predicted molar refractivity (Wildman–Crippen MR) is 101 cm³/mol. The van der Waals surface area contributed by atoms with Crippen molar-refractivity contribution in [2.75, 3.05) is 5.32 Å². The molecule has 4 aromatic heterocycles. The smallest absolute Gasteiger partial charge is 0.231 e. The number of carbonyl (C=O) groups excluding carboxylic acids is 1. The molecule has 1 saturated carbocycles. The maximum atomic E-state index is 13.0. The predicted octanol–water partition coefficient (Wildman–Crippen LogP) is 3.74. The number of nitrogens with zero attached hydrogens (tertiary/aromatic N) is 3. The van der Waals surface area contributed by atoms with Crippen LogP contribution in [0, 0.1) is 5.92 Å². The van der Waals surface area contributed by atoms with Crippen LogP contribution in [0.15, 0.2) is 42.9 Å². The maximum absolute atomic E-state index is 13.0. The zero-order valence-electron chi connectivity index (χ0n) is 14.7. The highest BCUT2D eigenvalue weighted by Gasteiger charge is 2.43. The van der Waals surface area contributed by atoms with E-state index in [0.717, 1.165) is 34.1 Å². The molecule has 1 fully saturated rings. The van der Waals surface area contributed by atoms with Crippen molar-refractivity contribution in [3.63, 3.8) is 0 Å². The van der Waals surface area contributed by atoms with E-state index in [9.17, 15) is 9.18 Å². The summed E-state index contributed by atoms with van der Waals surface area (Å²) in [5, 5.41) is 8.17. The summed E-state index contributed by atoms with van der Waals surface area (Å²) >= 11 is 0. The molecule has 136 valence electrons. The van der Waals surface area contributed by atoms with Gasteiger partial charge >= 0.3 is 0 Å². The Hall–Kier alpha value is -3.22. The molecule has 0 aliphatic heterocycles. The van der Waals surface area contributed by atoms with Crippen molar-refractivity contribution in [3.8, 4) is 11.1 Å². The third-order valence-corrected chi connectivity index (χ3v) is 5.13. The van der Waals surface area contributed by atoms with Crippen LogP contribution in [0.1, 0.15) is 18.9 Å². The van der Waals surface area contributed by atoms with Gasteiger partial charge in [0.05, 0.1) is 11.4 Å². The molecular formula is C20H18FN5O. The van der Waals surface area contributed by atoms with Gasteiger partial charge < -0.3 is 10.3 Å². The molecule has 6 nitrogen and oxygen atoms in total. The lowest BCUT2D eigenvalue weighted by molar-refractivity contribution is -0.117. The molecule has 0 unspecified atom stereocenters. The van der Waals surface area contributed by atoms with E-state index < -0.39 is 12.1 Å². The lowest BCUT2D eigenvalue weighted by Crippen LogP contribution is -2.15. The lowest BCUT2D eigenvalue weighted by atomic mass is 9.98. The monoisotopic (exact) mass is 363 g/mol. The van der Waals surface area contributed by atoms with E-state index >= 15 is 0 Å². The zero-order valence-corrected chi connectivity index (χ0v) is 14.7. The average Bonchev–Trinajstić information content (AvgIpc) is 3.07. The van der Waals surface area contributed by atoms with E-state index in [2.05, 4.69) is 27.3 Å².